The molecule has 0 aliphatic heterocycles. The minimum Gasteiger partial charge on any atom is -0.457 e. The highest BCUT2D eigenvalue weighted by atomic mass is 32.2. The Morgan fingerprint density at radius 3 is 1.80 bits per heavy atom. The Balaban J connectivity index is 2.48. The van der Waals surface area contributed by atoms with Gasteiger partial charge in [0.05, 0.1) is 6.26 Å². The summed E-state index contributed by atoms with van der Waals surface area (Å²) in [6.45, 7) is 0. The summed E-state index contributed by atoms with van der Waals surface area (Å²) >= 11 is 0. The molecule has 2 rings (SSSR count). The van der Waals surface area contributed by atoms with Crippen LogP contribution in [0.15, 0.2) is 59.8 Å². The van der Waals surface area contributed by atoms with Gasteiger partial charge >= 0.3 is 28.1 Å². The van der Waals surface area contributed by atoms with Crippen molar-refractivity contribution in [2.45, 2.75) is 18.0 Å². The molecule has 13 heteroatoms. The highest BCUT2D eigenvalue weighted by molar-refractivity contribution is 7.85. The normalized spacial score (nSPS) is 13.8. The number of rotatable bonds is 7. The molecule has 0 aliphatic rings. The summed E-state index contributed by atoms with van der Waals surface area (Å²) in [7, 11) is -4.59. The number of hydrogen-bond acceptors (Lipinski definition) is 5. The third-order valence-electron chi connectivity index (χ3n) is 3.42. The molecule has 0 bridgehead atoms. The highest BCUT2D eigenvalue weighted by Crippen LogP contribution is 2.48. The molecule has 0 radical (unpaired) electrons. The standard InChI is InChI=1S/C17H12F7NO4S/c1-30(26,27)29-25-14(15(18,19)16(20,21)17(22,23)24)11-7-9-13(10-8-11)28-12-5-3-2-4-6-12/h2-10H,1H3. The molecule has 0 unspecified atom stereocenters. The Kier molecular flexibility index (Phi) is 6.35. The average Bonchev–Trinajstić information content (AvgIpc) is 2.62. The molecule has 0 spiro atoms. The zero-order chi connectivity index (χ0) is 22.8. The number of halogens is 7. The molecule has 30 heavy (non-hydrogen) atoms. The number of oxime groups is 1. The van der Waals surface area contributed by atoms with E-state index in [0.29, 0.717) is 24.1 Å². The van der Waals surface area contributed by atoms with Gasteiger partial charge in [0.1, 0.15) is 11.5 Å². The van der Waals surface area contributed by atoms with Crippen LogP contribution in [0.4, 0.5) is 30.7 Å². The number of nitrogens with zero attached hydrogens (tertiary/aromatic N) is 1. The lowest BCUT2D eigenvalue weighted by Gasteiger charge is -2.28. The molecule has 2 aromatic rings. The molecule has 0 saturated carbocycles. The molecule has 0 atom stereocenters. The monoisotopic (exact) mass is 459 g/mol. The Hall–Kier alpha value is -2.83. The molecule has 0 fully saturated rings. The Morgan fingerprint density at radius 2 is 1.33 bits per heavy atom. The van der Waals surface area contributed by atoms with E-state index in [9.17, 15) is 39.2 Å². The molecule has 0 heterocycles. The lowest BCUT2D eigenvalue weighted by atomic mass is 9.99. The lowest BCUT2D eigenvalue weighted by Crippen LogP contribution is -2.56. The van der Waals surface area contributed by atoms with Gasteiger partial charge in [0.25, 0.3) is 0 Å². The minimum absolute atomic E-state index is 0.0271. The maximum Gasteiger partial charge on any atom is 0.460 e. The number of alkyl halides is 7. The number of benzene rings is 2. The van der Waals surface area contributed by atoms with Gasteiger partial charge in [-0.3, -0.25) is 4.28 Å². The number of hydrogen-bond donors (Lipinski definition) is 0. The van der Waals surface area contributed by atoms with Crippen molar-refractivity contribution in [2.75, 3.05) is 6.26 Å². The van der Waals surface area contributed by atoms with Gasteiger partial charge in [-0.25, -0.2) is 0 Å². The van der Waals surface area contributed by atoms with E-state index in [4.69, 9.17) is 4.74 Å². The minimum atomic E-state index is -6.65. The van der Waals surface area contributed by atoms with Crippen LogP contribution in [0.5, 0.6) is 11.5 Å². The quantitative estimate of drug-likeness (QED) is 0.333. The van der Waals surface area contributed by atoms with Crippen molar-refractivity contribution in [1.29, 1.82) is 0 Å². The molecular formula is C17H12F7NO4S. The summed E-state index contributed by atoms with van der Waals surface area (Å²) in [5.41, 5.74) is -3.19. The zero-order valence-electron chi connectivity index (χ0n) is 14.8. The van der Waals surface area contributed by atoms with Gasteiger partial charge in [-0.15, -0.1) is 0 Å². The molecule has 0 amide bonds. The van der Waals surface area contributed by atoms with Gasteiger partial charge in [0.15, 0.2) is 5.71 Å². The molecule has 0 saturated heterocycles. The molecule has 164 valence electrons. The van der Waals surface area contributed by atoms with Crippen LogP contribution in [0.3, 0.4) is 0 Å². The van der Waals surface area contributed by atoms with Gasteiger partial charge in [0.2, 0.25) is 0 Å². The number of para-hydroxylation sites is 1. The van der Waals surface area contributed by atoms with Gasteiger partial charge in [-0.2, -0.15) is 39.2 Å². The van der Waals surface area contributed by atoms with Crippen molar-refractivity contribution >= 4 is 15.8 Å². The first-order chi connectivity index (χ1) is 13.6. The topological polar surface area (TPSA) is 65.0 Å². The van der Waals surface area contributed by atoms with E-state index in [0.717, 1.165) is 12.1 Å². The predicted molar refractivity (Wildman–Crippen MR) is 91.4 cm³/mol. The van der Waals surface area contributed by atoms with Crippen molar-refractivity contribution < 1.29 is 48.2 Å². The van der Waals surface area contributed by atoms with E-state index in [1.807, 2.05) is 0 Å². The highest BCUT2D eigenvalue weighted by Gasteiger charge is 2.75. The Morgan fingerprint density at radius 1 is 0.833 bits per heavy atom. The second-order valence-corrected chi connectivity index (χ2v) is 7.36. The van der Waals surface area contributed by atoms with Gasteiger partial charge in [-0.05, 0) is 36.4 Å². The van der Waals surface area contributed by atoms with Gasteiger partial charge in [-0.1, -0.05) is 23.4 Å². The van der Waals surface area contributed by atoms with E-state index >= 15 is 0 Å². The van der Waals surface area contributed by atoms with Crippen LogP contribution < -0.4 is 4.74 Å². The van der Waals surface area contributed by atoms with Crippen molar-refractivity contribution in [3.8, 4) is 11.5 Å². The van der Waals surface area contributed by atoms with Crippen LogP contribution in [0.1, 0.15) is 5.56 Å². The Labute approximate surface area is 165 Å². The first-order valence-corrected chi connectivity index (χ1v) is 9.59. The molecule has 0 aliphatic carbocycles. The fraction of sp³-hybridized carbons (Fsp3) is 0.235. The van der Waals surface area contributed by atoms with Gasteiger partial charge in [0, 0.05) is 5.56 Å². The first kappa shape index (κ1) is 23.4. The zero-order valence-corrected chi connectivity index (χ0v) is 15.6. The maximum atomic E-state index is 14.2. The first-order valence-electron chi connectivity index (χ1n) is 7.78. The average molecular weight is 459 g/mol. The second-order valence-electron chi connectivity index (χ2n) is 5.80. The van der Waals surface area contributed by atoms with E-state index in [2.05, 4.69) is 9.44 Å². The third-order valence-corrected chi connectivity index (χ3v) is 3.76. The van der Waals surface area contributed by atoms with E-state index in [1.165, 1.54) is 0 Å². The van der Waals surface area contributed by atoms with Crippen molar-refractivity contribution in [3.63, 3.8) is 0 Å². The van der Waals surface area contributed by atoms with Crippen LogP contribution in [0, 0.1) is 0 Å². The molecule has 5 nitrogen and oxygen atoms in total. The van der Waals surface area contributed by atoms with Gasteiger partial charge < -0.3 is 4.74 Å². The SMILES string of the molecule is CS(=O)(=O)ON=C(c1ccc(Oc2ccccc2)cc1)C(F)(F)C(F)(F)C(F)(F)F. The summed E-state index contributed by atoms with van der Waals surface area (Å²) < 4.78 is 124. The van der Waals surface area contributed by atoms with Crippen LogP contribution in [-0.2, 0) is 14.4 Å². The fourth-order valence-corrected chi connectivity index (χ4v) is 2.24. The van der Waals surface area contributed by atoms with E-state index < -0.39 is 39.4 Å². The van der Waals surface area contributed by atoms with Crippen LogP contribution in [-0.4, -0.2) is 38.4 Å². The van der Waals surface area contributed by atoms with Crippen molar-refractivity contribution in [2.24, 2.45) is 5.16 Å². The third kappa shape index (κ3) is 5.20. The van der Waals surface area contributed by atoms with Crippen LogP contribution >= 0.6 is 0 Å². The second kappa shape index (κ2) is 8.13. The molecule has 0 aromatic heterocycles. The summed E-state index contributed by atoms with van der Waals surface area (Å²) in [5, 5.41) is 2.39. The van der Waals surface area contributed by atoms with E-state index in [-0.39, 0.29) is 5.75 Å². The largest absolute Gasteiger partial charge is 0.460 e. The summed E-state index contributed by atoms with van der Waals surface area (Å²) in [4.78, 5) is 0. The van der Waals surface area contributed by atoms with Crippen LogP contribution in [0.2, 0.25) is 0 Å². The Bertz CT molecular complexity index is 1000. The van der Waals surface area contributed by atoms with Crippen molar-refractivity contribution in [3.05, 3.63) is 60.2 Å². The fourth-order valence-electron chi connectivity index (χ4n) is 2.03. The van der Waals surface area contributed by atoms with Crippen LogP contribution in [0.25, 0.3) is 0 Å². The lowest BCUT2D eigenvalue weighted by molar-refractivity contribution is -0.336. The van der Waals surface area contributed by atoms with E-state index in [1.54, 1.807) is 30.3 Å². The summed E-state index contributed by atoms with van der Waals surface area (Å²) in [6.07, 6.45) is -6.32. The molecule has 0 N–H and O–H groups in total. The molecular weight excluding hydrogens is 447 g/mol. The maximum absolute atomic E-state index is 14.2. The summed E-state index contributed by atoms with van der Waals surface area (Å²) in [5.74, 6) is -12.2. The predicted octanol–water partition coefficient (Wildman–Crippen LogP) is 4.99. The number of ether oxygens (including phenoxy) is 1. The summed E-state index contributed by atoms with van der Waals surface area (Å²) in [6, 6.07) is 11.4. The van der Waals surface area contributed by atoms with Crippen molar-refractivity contribution in [1.82, 2.24) is 0 Å². The smallest absolute Gasteiger partial charge is 0.457 e. The molecule has 2 aromatic carbocycles.